The van der Waals surface area contributed by atoms with Gasteiger partial charge >= 0.3 is 0 Å². The van der Waals surface area contributed by atoms with Crippen LogP contribution in [0.4, 0.5) is 0 Å². The van der Waals surface area contributed by atoms with Gasteiger partial charge in [0.05, 0.1) is 5.52 Å². The molecule has 0 N–H and O–H groups in total. The molecule has 3 heteroatoms. The molecule has 1 heterocycles. The molecule has 0 radical (unpaired) electrons. The van der Waals surface area contributed by atoms with E-state index in [0.29, 0.717) is 5.56 Å². The zero-order chi connectivity index (χ0) is 11.5. The summed E-state index contributed by atoms with van der Waals surface area (Å²) in [6.07, 6.45) is 1.29. The van der Waals surface area contributed by atoms with Crippen molar-refractivity contribution >= 4 is 16.7 Å². The number of benzene rings is 1. The molecule has 0 saturated heterocycles. The van der Waals surface area contributed by atoms with E-state index >= 15 is 0 Å². The summed E-state index contributed by atoms with van der Waals surface area (Å²) in [4.78, 5) is 16.3. The predicted octanol–water partition coefficient (Wildman–Crippen LogP) is 2.45. The van der Waals surface area contributed by atoms with Crippen molar-refractivity contribution in [3.8, 4) is 0 Å². The van der Waals surface area contributed by atoms with E-state index in [1.807, 2.05) is 30.3 Å². The van der Waals surface area contributed by atoms with Gasteiger partial charge in [-0.1, -0.05) is 18.2 Å². The monoisotopic (exact) mass is 215 g/mol. The average Bonchev–Trinajstić information content (AvgIpc) is 2.36. The van der Waals surface area contributed by atoms with Gasteiger partial charge in [0.1, 0.15) is 6.10 Å². The summed E-state index contributed by atoms with van der Waals surface area (Å²) in [7, 11) is 1.53. The lowest BCUT2D eigenvalue weighted by atomic mass is 10.0. The highest BCUT2D eigenvalue weighted by Crippen LogP contribution is 2.18. The Balaban J connectivity index is 2.56. The van der Waals surface area contributed by atoms with Crippen molar-refractivity contribution in [2.24, 2.45) is 0 Å². The first-order valence-corrected chi connectivity index (χ1v) is 5.15. The standard InChI is InChI=1S/C13H13NO2/c1-9(16-2)13(15)11-5-3-7-12-10(11)6-4-8-14-12/h3-9H,1-2H3. The van der Waals surface area contributed by atoms with Crippen molar-refractivity contribution in [1.29, 1.82) is 0 Å². The number of fused-ring (bicyclic) bond motifs is 1. The molecule has 1 unspecified atom stereocenters. The number of hydrogen-bond acceptors (Lipinski definition) is 3. The lowest BCUT2D eigenvalue weighted by Gasteiger charge is -2.10. The van der Waals surface area contributed by atoms with Crippen LogP contribution in [-0.2, 0) is 4.74 Å². The highest BCUT2D eigenvalue weighted by atomic mass is 16.5. The Morgan fingerprint density at radius 2 is 2.12 bits per heavy atom. The molecular formula is C13H13NO2. The van der Waals surface area contributed by atoms with Gasteiger partial charge in [-0.3, -0.25) is 9.78 Å². The minimum absolute atomic E-state index is 0.0129. The third kappa shape index (κ3) is 1.82. The Hall–Kier alpha value is -1.74. The molecule has 0 spiro atoms. The molecule has 3 nitrogen and oxygen atoms in total. The van der Waals surface area contributed by atoms with Gasteiger partial charge in [-0.25, -0.2) is 0 Å². The summed E-state index contributed by atoms with van der Waals surface area (Å²) in [5, 5.41) is 0.874. The Bertz CT molecular complexity index is 517. The van der Waals surface area contributed by atoms with E-state index in [2.05, 4.69) is 4.98 Å². The molecule has 0 saturated carbocycles. The second-order valence-corrected chi connectivity index (χ2v) is 3.62. The van der Waals surface area contributed by atoms with Gasteiger partial charge in [-0.05, 0) is 19.1 Å². The van der Waals surface area contributed by atoms with Crippen LogP contribution >= 0.6 is 0 Å². The van der Waals surface area contributed by atoms with Crippen LogP contribution in [0.25, 0.3) is 10.9 Å². The maximum atomic E-state index is 12.0. The summed E-state index contributed by atoms with van der Waals surface area (Å²) in [6.45, 7) is 1.75. The predicted molar refractivity (Wildman–Crippen MR) is 62.5 cm³/mol. The highest BCUT2D eigenvalue weighted by molar-refractivity contribution is 6.09. The number of pyridine rings is 1. The zero-order valence-corrected chi connectivity index (χ0v) is 9.31. The quantitative estimate of drug-likeness (QED) is 0.738. The van der Waals surface area contributed by atoms with E-state index in [1.54, 1.807) is 13.1 Å². The van der Waals surface area contributed by atoms with Crippen molar-refractivity contribution in [2.45, 2.75) is 13.0 Å². The largest absolute Gasteiger partial charge is 0.374 e. The van der Waals surface area contributed by atoms with Crippen LogP contribution in [0, 0.1) is 0 Å². The molecule has 16 heavy (non-hydrogen) atoms. The van der Waals surface area contributed by atoms with E-state index in [4.69, 9.17) is 4.74 Å². The van der Waals surface area contributed by atoms with Gasteiger partial charge in [0.25, 0.3) is 0 Å². The number of hydrogen-bond donors (Lipinski definition) is 0. The highest BCUT2D eigenvalue weighted by Gasteiger charge is 2.16. The number of aromatic nitrogens is 1. The maximum absolute atomic E-state index is 12.0. The van der Waals surface area contributed by atoms with Crippen LogP contribution in [0.2, 0.25) is 0 Å². The third-order valence-electron chi connectivity index (χ3n) is 2.63. The lowest BCUT2D eigenvalue weighted by molar-refractivity contribution is 0.0657. The van der Waals surface area contributed by atoms with Gasteiger partial charge in [0.2, 0.25) is 0 Å². The number of nitrogens with zero attached hydrogens (tertiary/aromatic N) is 1. The molecule has 0 bridgehead atoms. The fourth-order valence-electron chi connectivity index (χ4n) is 1.64. The number of ether oxygens (including phenoxy) is 1. The number of carbonyl (C=O) groups is 1. The first-order valence-electron chi connectivity index (χ1n) is 5.15. The van der Waals surface area contributed by atoms with Gasteiger partial charge in [0.15, 0.2) is 5.78 Å². The maximum Gasteiger partial charge on any atom is 0.191 e. The second-order valence-electron chi connectivity index (χ2n) is 3.62. The molecule has 0 aliphatic heterocycles. The molecule has 1 aromatic carbocycles. The minimum Gasteiger partial charge on any atom is -0.374 e. The Morgan fingerprint density at radius 3 is 2.88 bits per heavy atom. The normalized spacial score (nSPS) is 12.6. The minimum atomic E-state index is -0.425. The van der Waals surface area contributed by atoms with Crippen LogP contribution in [0.1, 0.15) is 17.3 Å². The number of rotatable bonds is 3. The van der Waals surface area contributed by atoms with Crippen LogP contribution in [-0.4, -0.2) is 24.0 Å². The van der Waals surface area contributed by atoms with Crippen molar-refractivity contribution in [1.82, 2.24) is 4.98 Å². The molecule has 0 fully saturated rings. The van der Waals surface area contributed by atoms with E-state index in [9.17, 15) is 4.79 Å². The van der Waals surface area contributed by atoms with Gasteiger partial charge in [0, 0.05) is 24.3 Å². The Labute approximate surface area is 94.1 Å². The van der Waals surface area contributed by atoms with Crippen LogP contribution in [0.3, 0.4) is 0 Å². The van der Waals surface area contributed by atoms with E-state index < -0.39 is 6.10 Å². The summed E-state index contributed by atoms with van der Waals surface area (Å²) in [5.41, 5.74) is 1.50. The number of methoxy groups -OCH3 is 1. The number of ketones is 1. The first-order chi connectivity index (χ1) is 7.74. The zero-order valence-electron chi connectivity index (χ0n) is 9.31. The second kappa shape index (κ2) is 4.41. The molecule has 82 valence electrons. The van der Waals surface area contributed by atoms with Crippen LogP contribution < -0.4 is 0 Å². The van der Waals surface area contributed by atoms with Crippen LogP contribution in [0.15, 0.2) is 36.5 Å². The fraction of sp³-hybridized carbons (Fsp3) is 0.231. The van der Waals surface area contributed by atoms with E-state index in [1.165, 1.54) is 7.11 Å². The smallest absolute Gasteiger partial charge is 0.191 e. The van der Waals surface area contributed by atoms with Crippen molar-refractivity contribution in [3.05, 3.63) is 42.1 Å². The SMILES string of the molecule is COC(C)C(=O)c1cccc2ncccc12. The van der Waals surface area contributed by atoms with Gasteiger partial charge in [-0.2, -0.15) is 0 Å². The lowest BCUT2D eigenvalue weighted by Crippen LogP contribution is -2.19. The molecule has 2 aromatic rings. The summed E-state index contributed by atoms with van der Waals surface area (Å²) >= 11 is 0. The fourth-order valence-corrected chi connectivity index (χ4v) is 1.64. The van der Waals surface area contributed by atoms with Crippen molar-refractivity contribution < 1.29 is 9.53 Å². The molecule has 2 rings (SSSR count). The molecule has 1 atom stereocenters. The molecular weight excluding hydrogens is 202 g/mol. The summed E-state index contributed by atoms with van der Waals surface area (Å²) in [5.74, 6) is -0.0129. The summed E-state index contributed by atoms with van der Waals surface area (Å²) in [6, 6.07) is 9.27. The van der Waals surface area contributed by atoms with Crippen molar-refractivity contribution in [3.63, 3.8) is 0 Å². The number of Topliss-reactive ketones (excluding diaryl/α,β-unsaturated/α-hetero) is 1. The average molecular weight is 215 g/mol. The van der Waals surface area contributed by atoms with Crippen molar-refractivity contribution in [2.75, 3.05) is 7.11 Å². The summed E-state index contributed by atoms with van der Waals surface area (Å²) < 4.78 is 5.05. The topological polar surface area (TPSA) is 39.2 Å². The van der Waals surface area contributed by atoms with E-state index in [-0.39, 0.29) is 5.78 Å². The molecule has 0 amide bonds. The van der Waals surface area contributed by atoms with E-state index in [0.717, 1.165) is 10.9 Å². The van der Waals surface area contributed by atoms with Crippen LogP contribution in [0.5, 0.6) is 0 Å². The molecule has 1 aromatic heterocycles. The molecule has 0 aliphatic carbocycles. The van der Waals surface area contributed by atoms with Gasteiger partial charge < -0.3 is 4.74 Å². The number of carbonyl (C=O) groups excluding carboxylic acids is 1. The third-order valence-corrected chi connectivity index (χ3v) is 2.63. The Kier molecular flexibility index (Phi) is 2.97. The van der Waals surface area contributed by atoms with Gasteiger partial charge in [-0.15, -0.1) is 0 Å². The first kappa shape index (κ1) is 10.8. The Morgan fingerprint density at radius 1 is 1.31 bits per heavy atom. The molecule has 0 aliphatic rings.